The van der Waals surface area contributed by atoms with Gasteiger partial charge in [-0.3, -0.25) is 4.79 Å². The van der Waals surface area contributed by atoms with Gasteiger partial charge in [0.2, 0.25) is 0 Å². The van der Waals surface area contributed by atoms with Crippen LogP contribution >= 0.6 is 0 Å². The molecule has 0 saturated carbocycles. The SMILES string of the molecule is C=CC1=C(C(=C)F)CN(C)C1=O. The molecule has 0 fully saturated rings. The van der Waals surface area contributed by atoms with E-state index in [4.69, 9.17) is 0 Å². The van der Waals surface area contributed by atoms with Crippen molar-refractivity contribution in [2.45, 2.75) is 0 Å². The van der Waals surface area contributed by atoms with Crippen LogP contribution in [0.1, 0.15) is 0 Å². The van der Waals surface area contributed by atoms with Gasteiger partial charge in [-0.2, -0.15) is 0 Å². The minimum Gasteiger partial charge on any atom is -0.337 e. The first-order chi connectivity index (χ1) is 5.57. The lowest BCUT2D eigenvalue weighted by Crippen LogP contribution is -2.21. The third-order valence-corrected chi connectivity index (χ3v) is 1.83. The van der Waals surface area contributed by atoms with E-state index < -0.39 is 5.83 Å². The summed E-state index contributed by atoms with van der Waals surface area (Å²) in [5, 5.41) is 0. The molecule has 0 saturated heterocycles. The van der Waals surface area contributed by atoms with Crippen molar-refractivity contribution in [2.75, 3.05) is 13.6 Å². The first kappa shape index (κ1) is 8.71. The van der Waals surface area contributed by atoms with Gasteiger partial charge >= 0.3 is 0 Å². The van der Waals surface area contributed by atoms with E-state index in [0.717, 1.165) is 0 Å². The van der Waals surface area contributed by atoms with Crippen LogP contribution in [0, 0.1) is 0 Å². The third-order valence-electron chi connectivity index (χ3n) is 1.83. The van der Waals surface area contributed by atoms with Gasteiger partial charge in [0.05, 0.1) is 0 Å². The number of carbonyl (C=O) groups excluding carboxylic acids is 1. The number of halogens is 1. The maximum absolute atomic E-state index is 12.7. The van der Waals surface area contributed by atoms with Gasteiger partial charge in [-0.1, -0.05) is 19.2 Å². The van der Waals surface area contributed by atoms with E-state index in [2.05, 4.69) is 13.2 Å². The van der Waals surface area contributed by atoms with Gasteiger partial charge in [-0.25, -0.2) is 4.39 Å². The Morgan fingerprint density at radius 3 is 2.67 bits per heavy atom. The van der Waals surface area contributed by atoms with Crippen molar-refractivity contribution in [2.24, 2.45) is 0 Å². The Hall–Kier alpha value is -1.38. The zero-order chi connectivity index (χ0) is 9.30. The number of hydrogen-bond acceptors (Lipinski definition) is 1. The molecule has 0 aromatic carbocycles. The van der Waals surface area contributed by atoms with Crippen molar-refractivity contribution in [3.05, 3.63) is 36.2 Å². The number of likely N-dealkylation sites (N-methyl/N-ethyl adjacent to an activating group) is 1. The Bertz CT molecular complexity index is 291. The highest BCUT2D eigenvalue weighted by Gasteiger charge is 2.26. The molecule has 0 atom stereocenters. The molecule has 1 rings (SSSR count). The lowest BCUT2D eigenvalue weighted by Gasteiger charge is -2.06. The second-order valence-corrected chi connectivity index (χ2v) is 2.66. The molecule has 2 nitrogen and oxygen atoms in total. The monoisotopic (exact) mass is 167 g/mol. The molecule has 1 aliphatic heterocycles. The average molecular weight is 167 g/mol. The number of amides is 1. The standard InChI is InChI=1S/C9H10FNO/c1-4-7-8(6(2)10)5-11(3)9(7)12/h4H,1-2,5H2,3H3. The van der Waals surface area contributed by atoms with Gasteiger partial charge in [0.25, 0.3) is 5.91 Å². The van der Waals surface area contributed by atoms with Crippen LogP contribution in [0.3, 0.4) is 0 Å². The summed E-state index contributed by atoms with van der Waals surface area (Å²) >= 11 is 0. The Balaban J connectivity index is 3.10. The molecule has 1 amide bonds. The summed E-state index contributed by atoms with van der Waals surface area (Å²) in [6, 6.07) is 0. The lowest BCUT2D eigenvalue weighted by molar-refractivity contribution is -0.124. The second-order valence-electron chi connectivity index (χ2n) is 2.66. The minimum absolute atomic E-state index is 0.196. The Labute approximate surface area is 70.7 Å². The highest BCUT2D eigenvalue weighted by atomic mass is 19.1. The minimum atomic E-state index is -0.553. The van der Waals surface area contributed by atoms with Crippen LogP contribution in [0.5, 0.6) is 0 Å². The first-order valence-corrected chi connectivity index (χ1v) is 3.53. The van der Waals surface area contributed by atoms with Gasteiger partial charge in [0.15, 0.2) is 0 Å². The molecule has 0 aromatic heterocycles. The fourth-order valence-corrected chi connectivity index (χ4v) is 1.17. The number of nitrogens with zero attached hydrogens (tertiary/aromatic N) is 1. The quantitative estimate of drug-likeness (QED) is 0.609. The predicted molar refractivity (Wildman–Crippen MR) is 45.1 cm³/mol. The van der Waals surface area contributed by atoms with Crippen molar-refractivity contribution in [3.8, 4) is 0 Å². The van der Waals surface area contributed by atoms with Gasteiger partial charge in [0.1, 0.15) is 5.83 Å². The smallest absolute Gasteiger partial charge is 0.254 e. The van der Waals surface area contributed by atoms with Gasteiger partial charge in [-0.15, -0.1) is 0 Å². The summed E-state index contributed by atoms with van der Waals surface area (Å²) in [7, 11) is 1.61. The highest BCUT2D eigenvalue weighted by molar-refractivity contribution is 6.00. The van der Waals surface area contributed by atoms with Crippen molar-refractivity contribution in [1.29, 1.82) is 0 Å². The molecule has 1 heterocycles. The van der Waals surface area contributed by atoms with Gasteiger partial charge in [-0.05, 0) is 0 Å². The molecular weight excluding hydrogens is 157 g/mol. The van der Waals surface area contributed by atoms with Crippen LogP contribution in [0.4, 0.5) is 4.39 Å². The molecule has 0 unspecified atom stereocenters. The molecule has 0 bridgehead atoms. The Morgan fingerprint density at radius 1 is 1.75 bits per heavy atom. The first-order valence-electron chi connectivity index (χ1n) is 3.53. The van der Waals surface area contributed by atoms with Crippen molar-refractivity contribution in [3.63, 3.8) is 0 Å². The number of hydrogen-bond donors (Lipinski definition) is 0. The van der Waals surface area contributed by atoms with E-state index in [1.807, 2.05) is 0 Å². The molecule has 12 heavy (non-hydrogen) atoms. The van der Waals surface area contributed by atoms with Crippen LogP contribution in [0.2, 0.25) is 0 Å². The predicted octanol–water partition coefficient (Wildman–Crippen LogP) is 1.42. The third kappa shape index (κ3) is 1.18. The lowest BCUT2D eigenvalue weighted by atomic mass is 10.1. The molecular formula is C9H10FNO. The van der Waals surface area contributed by atoms with Crippen molar-refractivity contribution < 1.29 is 9.18 Å². The molecule has 0 aromatic rings. The van der Waals surface area contributed by atoms with Crippen LogP contribution in [0.15, 0.2) is 36.2 Å². The van der Waals surface area contributed by atoms with Gasteiger partial charge < -0.3 is 4.90 Å². The van der Waals surface area contributed by atoms with E-state index in [9.17, 15) is 9.18 Å². The molecule has 64 valence electrons. The fraction of sp³-hybridized carbons (Fsp3) is 0.222. The van der Waals surface area contributed by atoms with E-state index in [1.165, 1.54) is 11.0 Å². The van der Waals surface area contributed by atoms with E-state index in [1.54, 1.807) is 7.05 Å². The summed E-state index contributed by atoms with van der Waals surface area (Å²) in [4.78, 5) is 12.7. The maximum atomic E-state index is 12.7. The van der Waals surface area contributed by atoms with Crippen molar-refractivity contribution in [1.82, 2.24) is 4.90 Å². The van der Waals surface area contributed by atoms with Crippen LogP contribution in [-0.2, 0) is 4.79 Å². The molecule has 0 radical (unpaired) electrons. The zero-order valence-corrected chi connectivity index (χ0v) is 6.93. The fourth-order valence-electron chi connectivity index (χ4n) is 1.17. The molecule has 0 aliphatic carbocycles. The summed E-state index contributed by atoms with van der Waals surface area (Å²) in [6.07, 6.45) is 1.37. The summed E-state index contributed by atoms with van der Waals surface area (Å²) < 4.78 is 12.7. The summed E-state index contributed by atoms with van der Waals surface area (Å²) in [6.45, 7) is 6.89. The zero-order valence-electron chi connectivity index (χ0n) is 6.93. The molecule has 0 N–H and O–H groups in total. The summed E-state index contributed by atoms with van der Waals surface area (Å²) in [5.74, 6) is -0.749. The van der Waals surface area contributed by atoms with E-state index in [-0.39, 0.29) is 12.5 Å². The highest BCUT2D eigenvalue weighted by Crippen LogP contribution is 2.24. The van der Waals surface area contributed by atoms with Crippen LogP contribution < -0.4 is 0 Å². The number of carbonyl (C=O) groups is 1. The largest absolute Gasteiger partial charge is 0.337 e. The molecule has 0 spiro atoms. The van der Waals surface area contributed by atoms with E-state index in [0.29, 0.717) is 11.1 Å². The summed E-state index contributed by atoms with van der Waals surface area (Å²) in [5.41, 5.74) is 0.669. The van der Waals surface area contributed by atoms with Crippen LogP contribution in [-0.4, -0.2) is 24.4 Å². The van der Waals surface area contributed by atoms with Gasteiger partial charge in [0, 0.05) is 24.7 Å². The Kier molecular flexibility index (Phi) is 2.13. The maximum Gasteiger partial charge on any atom is 0.254 e. The number of rotatable bonds is 2. The van der Waals surface area contributed by atoms with Crippen LogP contribution in [0.25, 0.3) is 0 Å². The van der Waals surface area contributed by atoms with E-state index >= 15 is 0 Å². The topological polar surface area (TPSA) is 20.3 Å². The second kappa shape index (κ2) is 2.93. The Morgan fingerprint density at radius 2 is 2.33 bits per heavy atom. The normalized spacial score (nSPS) is 17.2. The van der Waals surface area contributed by atoms with Crippen molar-refractivity contribution >= 4 is 5.91 Å². The average Bonchev–Trinajstić information content (AvgIpc) is 2.29. The molecule has 1 aliphatic rings. The molecule has 3 heteroatoms.